The fraction of sp³-hybridized carbons (Fsp3) is 0.556. The van der Waals surface area contributed by atoms with Gasteiger partial charge in [0.1, 0.15) is 16.1 Å². The first-order chi connectivity index (χ1) is 7.58. The van der Waals surface area contributed by atoms with Gasteiger partial charge in [0.05, 0.1) is 0 Å². The lowest BCUT2D eigenvalue weighted by atomic mass is 10.1. The molecule has 1 aromatic heterocycles. The summed E-state index contributed by atoms with van der Waals surface area (Å²) in [5.74, 6) is -1.15. The van der Waals surface area contributed by atoms with Crippen LogP contribution in [0, 0.1) is 13.8 Å². The molecule has 0 saturated carbocycles. The van der Waals surface area contributed by atoms with Gasteiger partial charge in [-0.05, 0) is 27.7 Å². The Morgan fingerprint density at radius 2 is 1.94 bits per heavy atom. The molecule has 2 N–H and O–H groups in total. The van der Waals surface area contributed by atoms with Gasteiger partial charge in [-0.2, -0.15) is 4.72 Å². The van der Waals surface area contributed by atoms with Gasteiger partial charge in [-0.15, -0.1) is 0 Å². The van der Waals surface area contributed by atoms with Gasteiger partial charge < -0.3 is 9.63 Å². The van der Waals surface area contributed by atoms with Crippen LogP contribution in [0.2, 0.25) is 0 Å². The molecule has 7 nitrogen and oxygen atoms in total. The normalized spacial score (nSPS) is 12.7. The summed E-state index contributed by atoms with van der Waals surface area (Å²) in [6.07, 6.45) is 0. The van der Waals surface area contributed by atoms with E-state index < -0.39 is 21.5 Å². The van der Waals surface area contributed by atoms with Crippen LogP contribution < -0.4 is 4.72 Å². The minimum Gasteiger partial charge on any atom is -0.480 e. The van der Waals surface area contributed by atoms with E-state index in [-0.39, 0.29) is 16.3 Å². The van der Waals surface area contributed by atoms with Crippen molar-refractivity contribution < 1.29 is 22.8 Å². The number of carboxylic acids is 1. The Morgan fingerprint density at radius 3 is 2.29 bits per heavy atom. The lowest BCUT2D eigenvalue weighted by Crippen LogP contribution is -2.49. The Labute approximate surface area is 98.9 Å². The molecule has 1 rings (SSSR count). The third kappa shape index (κ3) is 2.64. The highest BCUT2D eigenvalue weighted by atomic mass is 32.2. The first-order valence-corrected chi connectivity index (χ1v) is 6.26. The molecular formula is C9H14N2O5S. The Morgan fingerprint density at radius 1 is 1.41 bits per heavy atom. The average molecular weight is 262 g/mol. The molecule has 0 bridgehead atoms. The van der Waals surface area contributed by atoms with E-state index in [0.717, 1.165) is 0 Å². The molecule has 0 aromatic carbocycles. The summed E-state index contributed by atoms with van der Waals surface area (Å²) in [5, 5.41) is 12.4. The van der Waals surface area contributed by atoms with Crippen LogP contribution in [0.3, 0.4) is 0 Å². The number of nitrogens with one attached hydrogen (secondary N) is 1. The maximum Gasteiger partial charge on any atom is 0.324 e. The average Bonchev–Trinajstić information content (AvgIpc) is 2.44. The molecule has 0 unspecified atom stereocenters. The zero-order valence-corrected chi connectivity index (χ0v) is 10.8. The van der Waals surface area contributed by atoms with Gasteiger partial charge >= 0.3 is 5.97 Å². The van der Waals surface area contributed by atoms with Crippen LogP contribution in [0.4, 0.5) is 0 Å². The third-order valence-corrected chi connectivity index (χ3v) is 4.06. The minimum absolute atomic E-state index is 0.119. The molecule has 96 valence electrons. The zero-order chi connectivity index (χ0) is 13.4. The van der Waals surface area contributed by atoms with Crippen molar-refractivity contribution in [1.82, 2.24) is 9.88 Å². The molecule has 0 aliphatic carbocycles. The summed E-state index contributed by atoms with van der Waals surface area (Å²) in [6.45, 7) is 5.43. The molecular weight excluding hydrogens is 248 g/mol. The van der Waals surface area contributed by atoms with E-state index in [1.54, 1.807) is 0 Å². The Bertz CT molecular complexity index is 524. The molecule has 8 heteroatoms. The number of sulfonamides is 1. The van der Waals surface area contributed by atoms with Crippen LogP contribution in [0.15, 0.2) is 9.42 Å². The molecule has 0 spiro atoms. The summed E-state index contributed by atoms with van der Waals surface area (Å²) in [4.78, 5) is 10.8. The van der Waals surface area contributed by atoms with Crippen molar-refractivity contribution in [2.24, 2.45) is 0 Å². The van der Waals surface area contributed by atoms with Crippen molar-refractivity contribution in [2.45, 2.75) is 38.1 Å². The second-order valence-electron chi connectivity index (χ2n) is 4.19. The maximum atomic E-state index is 12.0. The molecule has 0 fully saturated rings. The Kier molecular flexibility index (Phi) is 3.30. The van der Waals surface area contributed by atoms with Crippen molar-refractivity contribution in [3.05, 3.63) is 11.5 Å². The van der Waals surface area contributed by atoms with Gasteiger partial charge in [-0.3, -0.25) is 4.79 Å². The van der Waals surface area contributed by atoms with E-state index in [2.05, 4.69) is 9.88 Å². The van der Waals surface area contributed by atoms with Crippen LogP contribution in [-0.4, -0.2) is 30.2 Å². The molecule has 0 atom stereocenters. The van der Waals surface area contributed by atoms with E-state index in [0.29, 0.717) is 0 Å². The molecule has 17 heavy (non-hydrogen) atoms. The fourth-order valence-corrected chi connectivity index (χ4v) is 2.99. The van der Waals surface area contributed by atoms with Crippen molar-refractivity contribution in [2.75, 3.05) is 0 Å². The summed E-state index contributed by atoms with van der Waals surface area (Å²) < 4.78 is 30.8. The van der Waals surface area contributed by atoms with Crippen LogP contribution >= 0.6 is 0 Å². The molecule has 1 heterocycles. The van der Waals surface area contributed by atoms with Gasteiger partial charge in [0.15, 0.2) is 5.76 Å². The highest BCUT2D eigenvalue weighted by molar-refractivity contribution is 7.89. The number of rotatable bonds is 4. The molecule has 0 amide bonds. The predicted octanol–water partition coefficient (Wildman–Crippen LogP) is 0.433. The number of aromatic nitrogens is 1. The number of aryl methyl sites for hydroxylation is 2. The molecule has 0 aliphatic heterocycles. The number of nitrogens with zero attached hydrogens (tertiary/aromatic N) is 1. The van der Waals surface area contributed by atoms with Gasteiger partial charge in [0.2, 0.25) is 10.0 Å². The summed E-state index contributed by atoms with van der Waals surface area (Å²) in [6, 6.07) is 0. The Balaban J connectivity index is 3.19. The molecule has 0 aliphatic rings. The van der Waals surface area contributed by atoms with E-state index >= 15 is 0 Å². The maximum absolute atomic E-state index is 12.0. The lowest BCUT2D eigenvalue weighted by Gasteiger charge is -2.20. The van der Waals surface area contributed by atoms with Crippen LogP contribution in [0.5, 0.6) is 0 Å². The zero-order valence-electron chi connectivity index (χ0n) is 9.94. The van der Waals surface area contributed by atoms with Crippen LogP contribution in [0.1, 0.15) is 25.3 Å². The van der Waals surface area contributed by atoms with Crippen molar-refractivity contribution in [3.8, 4) is 0 Å². The fourth-order valence-electron chi connectivity index (χ4n) is 1.29. The smallest absolute Gasteiger partial charge is 0.324 e. The third-order valence-electron chi connectivity index (χ3n) is 2.16. The van der Waals surface area contributed by atoms with E-state index in [9.17, 15) is 13.2 Å². The topological polar surface area (TPSA) is 110 Å². The minimum atomic E-state index is -3.97. The number of carbonyl (C=O) groups is 1. The van der Waals surface area contributed by atoms with Gasteiger partial charge in [-0.25, -0.2) is 8.42 Å². The summed E-state index contributed by atoms with van der Waals surface area (Å²) in [5.41, 5.74) is -1.41. The van der Waals surface area contributed by atoms with Gasteiger partial charge in [0.25, 0.3) is 0 Å². The molecule has 0 radical (unpaired) electrons. The van der Waals surface area contributed by atoms with E-state index in [1.165, 1.54) is 27.7 Å². The largest absolute Gasteiger partial charge is 0.480 e. The van der Waals surface area contributed by atoms with Crippen molar-refractivity contribution in [3.63, 3.8) is 0 Å². The highest BCUT2D eigenvalue weighted by Gasteiger charge is 2.35. The number of hydrogen-bond acceptors (Lipinski definition) is 5. The second-order valence-corrected chi connectivity index (χ2v) is 5.81. The van der Waals surface area contributed by atoms with Crippen LogP contribution in [0.25, 0.3) is 0 Å². The number of aliphatic carboxylic acids is 1. The monoisotopic (exact) mass is 262 g/mol. The predicted molar refractivity (Wildman–Crippen MR) is 58.0 cm³/mol. The summed E-state index contributed by atoms with van der Waals surface area (Å²) in [7, 11) is -3.97. The summed E-state index contributed by atoms with van der Waals surface area (Å²) >= 11 is 0. The van der Waals surface area contributed by atoms with Gasteiger partial charge in [0, 0.05) is 0 Å². The quantitative estimate of drug-likeness (QED) is 0.814. The van der Waals surface area contributed by atoms with Gasteiger partial charge in [-0.1, -0.05) is 5.16 Å². The molecule has 1 aromatic rings. The Hall–Kier alpha value is -1.41. The van der Waals surface area contributed by atoms with E-state index in [4.69, 9.17) is 9.63 Å². The number of carboxylic acid groups (broad SMARTS) is 1. The van der Waals surface area contributed by atoms with E-state index in [1.807, 2.05) is 0 Å². The molecule has 0 saturated heterocycles. The number of hydrogen-bond donors (Lipinski definition) is 2. The first-order valence-electron chi connectivity index (χ1n) is 4.78. The lowest BCUT2D eigenvalue weighted by molar-refractivity contribution is -0.142. The van der Waals surface area contributed by atoms with Crippen molar-refractivity contribution in [1.29, 1.82) is 0 Å². The standard InChI is InChI=1S/C9H14N2O5S/c1-5-7(6(2)16-10-5)17(14,15)11-9(3,4)8(12)13/h11H,1-4H3,(H,12,13). The first kappa shape index (κ1) is 13.7. The van der Waals surface area contributed by atoms with Crippen molar-refractivity contribution >= 4 is 16.0 Å². The second kappa shape index (κ2) is 4.11. The van der Waals surface area contributed by atoms with Crippen LogP contribution in [-0.2, 0) is 14.8 Å². The SMILES string of the molecule is Cc1noc(C)c1S(=O)(=O)NC(C)(C)C(=O)O. The highest BCUT2D eigenvalue weighted by Crippen LogP contribution is 2.20.